The second-order valence-electron chi connectivity index (χ2n) is 9.13. The van der Waals surface area contributed by atoms with Gasteiger partial charge >= 0.3 is 0 Å². The van der Waals surface area contributed by atoms with Crippen LogP contribution in [0.1, 0.15) is 27.0 Å². The molecule has 1 N–H and O–H groups in total. The van der Waals surface area contributed by atoms with Crippen LogP contribution in [0.2, 0.25) is 0 Å². The molecule has 0 saturated carbocycles. The van der Waals surface area contributed by atoms with Crippen LogP contribution in [-0.2, 0) is 18.8 Å². The minimum absolute atomic E-state index is 0.113. The minimum atomic E-state index is -0.113. The number of pyridine rings is 1. The molecule has 5 rings (SSSR count). The molecule has 39 heavy (non-hydrogen) atoms. The van der Waals surface area contributed by atoms with Gasteiger partial charge in [0, 0.05) is 55.5 Å². The summed E-state index contributed by atoms with van der Waals surface area (Å²) in [5.74, 6) is 1.39. The molecule has 0 aliphatic heterocycles. The fourth-order valence-corrected chi connectivity index (χ4v) is 4.90. The Kier molecular flexibility index (Phi) is 8.61. The fraction of sp³-hybridized carbons (Fsp3) is 0.125. The largest absolute Gasteiger partial charge is 0.355 e. The molecule has 7 heteroatoms. The Balaban J connectivity index is 1.31. The fourth-order valence-electron chi connectivity index (χ4n) is 4.11. The summed E-state index contributed by atoms with van der Waals surface area (Å²) in [6, 6.07) is 34.0. The van der Waals surface area contributed by atoms with E-state index in [9.17, 15) is 4.79 Å². The lowest BCUT2D eigenvalue weighted by atomic mass is 10.1. The van der Waals surface area contributed by atoms with Crippen LogP contribution in [-0.4, -0.2) is 27.9 Å². The highest BCUT2D eigenvalue weighted by molar-refractivity contribution is 7.98. The number of nitrogens with zero attached hydrogens (tertiary/aromatic N) is 4. The molecular weight excluding hydrogens is 502 g/mol. The number of carbonyl (C=O) groups excluding carboxylic acids is 1. The highest BCUT2D eigenvalue weighted by atomic mass is 32.2. The van der Waals surface area contributed by atoms with E-state index >= 15 is 0 Å². The van der Waals surface area contributed by atoms with Crippen molar-refractivity contribution in [3.8, 4) is 11.3 Å². The van der Waals surface area contributed by atoms with Gasteiger partial charge in [-0.15, -0.1) is 0 Å². The number of anilines is 1. The molecule has 0 radical (unpaired) electrons. The van der Waals surface area contributed by atoms with Gasteiger partial charge in [-0.2, -0.15) is 0 Å². The maximum absolute atomic E-state index is 12.7. The first-order valence-corrected chi connectivity index (χ1v) is 13.7. The maximum Gasteiger partial charge on any atom is 0.251 e. The second kappa shape index (κ2) is 12.8. The summed E-state index contributed by atoms with van der Waals surface area (Å²) in [7, 11) is 2.05. The number of carbonyl (C=O) groups is 1. The van der Waals surface area contributed by atoms with Gasteiger partial charge < -0.3 is 10.2 Å². The third-order valence-corrected chi connectivity index (χ3v) is 7.07. The van der Waals surface area contributed by atoms with Crippen LogP contribution < -0.4 is 10.2 Å². The molecule has 0 spiro atoms. The number of nitrogens with one attached hydrogen (secondary N) is 1. The standard InChI is InChI=1S/C32H29N5OS/c1-37(22-24-10-4-2-5-11-24)30-19-29(27-14-6-3-7-15-27)35-32(36-30)39-23-25-12-8-16-28(18-25)31(38)34-21-26-13-9-17-33-20-26/h2-20H,21-23H2,1H3,(H,34,38). The van der Waals surface area contributed by atoms with Gasteiger partial charge in [0.05, 0.1) is 5.69 Å². The molecule has 2 heterocycles. The summed E-state index contributed by atoms with van der Waals surface area (Å²) in [6.45, 7) is 1.18. The van der Waals surface area contributed by atoms with E-state index in [2.05, 4.69) is 39.5 Å². The van der Waals surface area contributed by atoms with Gasteiger partial charge in [-0.05, 0) is 34.9 Å². The van der Waals surface area contributed by atoms with E-state index in [1.165, 1.54) is 5.56 Å². The average molecular weight is 532 g/mol. The SMILES string of the molecule is CN(Cc1ccccc1)c1cc(-c2ccccc2)nc(SCc2cccc(C(=O)NCc3cccnc3)c2)n1. The Bertz CT molecular complexity index is 1510. The molecule has 0 atom stereocenters. The lowest BCUT2D eigenvalue weighted by Crippen LogP contribution is -2.22. The van der Waals surface area contributed by atoms with Gasteiger partial charge in [-0.25, -0.2) is 9.97 Å². The topological polar surface area (TPSA) is 71.0 Å². The maximum atomic E-state index is 12.7. The van der Waals surface area contributed by atoms with Gasteiger partial charge in [0.2, 0.25) is 0 Å². The van der Waals surface area contributed by atoms with E-state index in [0.717, 1.165) is 34.7 Å². The van der Waals surface area contributed by atoms with Crippen molar-refractivity contribution >= 4 is 23.5 Å². The molecule has 2 aromatic heterocycles. The van der Waals surface area contributed by atoms with Crippen LogP contribution in [0.4, 0.5) is 5.82 Å². The lowest BCUT2D eigenvalue weighted by Gasteiger charge is -2.20. The zero-order chi connectivity index (χ0) is 26.9. The Labute approximate surface area is 233 Å². The normalized spacial score (nSPS) is 10.7. The van der Waals surface area contributed by atoms with Gasteiger partial charge in [-0.3, -0.25) is 9.78 Å². The van der Waals surface area contributed by atoms with Crippen LogP contribution in [0.25, 0.3) is 11.3 Å². The molecule has 0 aliphatic carbocycles. The Morgan fingerprint density at radius 2 is 1.56 bits per heavy atom. The zero-order valence-electron chi connectivity index (χ0n) is 21.7. The Hall–Kier alpha value is -4.49. The predicted molar refractivity (Wildman–Crippen MR) is 157 cm³/mol. The van der Waals surface area contributed by atoms with E-state index in [4.69, 9.17) is 9.97 Å². The highest BCUT2D eigenvalue weighted by Gasteiger charge is 2.12. The van der Waals surface area contributed by atoms with E-state index in [0.29, 0.717) is 23.0 Å². The van der Waals surface area contributed by atoms with Crippen molar-refractivity contribution in [3.05, 3.63) is 138 Å². The van der Waals surface area contributed by atoms with E-state index in [1.807, 2.05) is 85.9 Å². The van der Waals surface area contributed by atoms with E-state index in [-0.39, 0.29) is 5.91 Å². The molecule has 0 aliphatic rings. The number of aromatic nitrogens is 3. The highest BCUT2D eigenvalue weighted by Crippen LogP contribution is 2.28. The van der Waals surface area contributed by atoms with Crippen molar-refractivity contribution in [2.45, 2.75) is 24.0 Å². The number of hydrogen-bond donors (Lipinski definition) is 1. The number of thioether (sulfide) groups is 1. The summed E-state index contributed by atoms with van der Waals surface area (Å²) in [6.07, 6.45) is 3.47. The third-order valence-electron chi connectivity index (χ3n) is 6.15. The van der Waals surface area contributed by atoms with Gasteiger partial charge in [0.1, 0.15) is 5.82 Å². The van der Waals surface area contributed by atoms with Crippen molar-refractivity contribution in [2.24, 2.45) is 0 Å². The smallest absolute Gasteiger partial charge is 0.251 e. The van der Waals surface area contributed by atoms with Crippen LogP contribution >= 0.6 is 11.8 Å². The first-order valence-electron chi connectivity index (χ1n) is 12.7. The van der Waals surface area contributed by atoms with Gasteiger partial charge in [0.15, 0.2) is 5.16 Å². The predicted octanol–water partition coefficient (Wildman–Crippen LogP) is 6.40. The average Bonchev–Trinajstić information content (AvgIpc) is 3.00. The summed E-state index contributed by atoms with van der Waals surface area (Å²) in [4.78, 5) is 28.7. The van der Waals surface area contributed by atoms with Crippen molar-refractivity contribution in [3.63, 3.8) is 0 Å². The quantitative estimate of drug-likeness (QED) is 0.166. The van der Waals surface area contributed by atoms with Gasteiger partial charge in [0.25, 0.3) is 5.91 Å². The van der Waals surface area contributed by atoms with Crippen LogP contribution in [0.5, 0.6) is 0 Å². The summed E-state index contributed by atoms with van der Waals surface area (Å²) in [5, 5.41) is 3.66. The Morgan fingerprint density at radius 3 is 2.33 bits per heavy atom. The molecular formula is C32H29N5OS. The van der Waals surface area contributed by atoms with Crippen molar-refractivity contribution in [2.75, 3.05) is 11.9 Å². The summed E-state index contributed by atoms with van der Waals surface area (Å²) in [5.41, 5.74) is 5.75. The number of amides is 1. The van der Waals surface area contributed by atoms with Crippen molar-refractivity contribution in [1.29, 1.82) is 0 Å². The molecule has 3 aromatic carbocycles. The summed E-state index contributed by atoms with van der Waals surface area (Å²) < 4.78 is 0. The molecule has 194 valence electrons. The zero-order valence-corrected chi connectivity index (χ0v) is 22.5. The molecule has 5 aromatic rings. The van der Waals surface area contributed by atoms with Crippen LogP contribution in [0.15, 0.2) is 121 Å². The van der Waals surface area contributed by atoms with E-state index < -0.39 is 0 Å². The lowest BCUT2D eigenvalue weighted by molar-refractivity contribution is 0.0951. The van der Waals surface area contributed by atoms with Crippen molar-refractivity contribution in [1.82, 2.24) is 20.3 Å². The van der Waals surface area contributed by atoms with E-state index in [1.54, 1.807) is 24.2 Å². The molecule has 1 amide bonds. The number of hydrogen-bond acceptors (Lipinski definition) is 6. The molecule has 0 bridgehead atoms. The monoisotopic (exact) mass is 531 g/mol. The molecule has 6 nitrogen and oxygen atoms in total. The number of rotatable bonds is 10. The van der Waals surface area contributed by atoms with Crippen LogP contribution in [0, 0.1) is 0 Å². The van der Waals surface area contributed by atoms with Crippen molar-refractivity contribution < 1.29 is 4.79 Å². The van der Waals surface area contributed by atoms with Crippen LogP contribution in [0.3, 0.4) is 0 Å². The number of benzene rings is 3. The third kappa shape index (κ3) is 7.30. The van der Waals surface area contributed by atoms with Gasteiger partial charge in [-0.1, -0.05) is 90.6 Å². The molecule has 0 unspecified atom stereocenters. The molecule has 0 saturated heterocycles. The second-order valence-corrected chi connectivity index (χ2v) is 10.1. The summed E-state index contributed by atoms with van der Waals surface area (Å²) >= 11 is 1.56. The minimum Gasteiger partial charge on any atom is -0.355 e. The first-order chi connectivity index (χ1) is 19.1. The first kappa shape index (κ1) is 26.1. The molecule has 0 fully saturated rings. The Morgan fingerprint density at radius 1 is 0.821 bits per heavy atom.